The smallest absolute Gasteiger partial charge is 0.325 e. The van der Waals surface area contributed by atoms with E-state index in [2.05, 4.69) is 5.32 Å². The SMILES string of the molecule is COc1cccc2c1OC1(C)CC2NC(=O)N1c1cccc(SC)c1. The van der Waals surface area contributed by atoms with Crippen LogP contribution in [-0.2, 0) is 0 Å². The molecule has 1 fully saturated rings. The summed E-state index contributed by atoms with van der Waals surface area (Å²) in [6, 6.07) is 13.5. The average molecular weight is 356 g/mol. The number of methoxy groups -OCH3 is 1. The van der Waals surface area contributed by atoms with E-state index in [4.69, 9.17) is 9.47 Å². The number of thioether (sulfide) groups is 1. The van der Waals surface area contributed by atoms with Gasteiger partial charge in [-0.25, -0.2) is 4.79 Å². The van der Waals surface area contributed by atoms with E-state index in [9.17, 15) is 4.79 Å². The van der Waals surface area contributed by atoms with E-state index < -0.39 is 5.72 Å². The van der Waals surface area contributed by atoms with Crippen LogP contribution in [0.3, 0.4) is 0 Å². The second-order valence-electron chi connectivity index (χ2n) is 6.40. The van der Waals surface area contributed by atoms with Crippen molar-refractivity contribution in [2.45, 2.75) is 30.0 Å². The number of amides is 2. The molecular formula is C19H20N2O3S. The summed E-state index contributed by atoms with van der Waals surface area (Å²) in [6.07, 6.45) is 2.69. The number of benzene rings is 2. The summed E-state index contributed by atoms with van der Waals surface area (Å²) in [4.78, 5) is 15.7. The van der Waals surface area contributed by atoms with Crippen LogP contribution in [0.4, 0.5) is 10.5 Å². The van der Waals surface area contributed by atoms with Crippen LogP contribution in [0.5, 0.6) is 11.5 Å². The highest BCUT2D eigenvalue weighted by Crippen LogP contribution is 2.49. The molecule has 2 unspecified atom stereocenters. The lowest BCUT2D eigenvalue weighted by molar-refractivity contribution is 0.0349. The lowest BCUT2D eigenvalue weighted by Gasteiger charge is -2.50. The molecule has 2 heterocycles. The van der Waals surface area contributed by atoms with Gasteiger partial charge in [0.05, 0.1) is 18.8 Å². The topological polar surface area (TPSA) is 50.8 Å². The van der Waals surface area contributed by atoms with Crippen molar-refractivity contribution in [1.29, 1.82) is 0 Å². The van der Waals surface area contributed by atoms with Crippen molar-refractivity contribution >= 4 is 23.5 Å². The molecule has 2 atom stereocenters. The first-order chi connectivity index (χ1) is 12.1. The van der Waals surface area contributed by atoms with Crippen molar-refractivity contribution in [2.75, 3.05) is 18.3 Å². The van der Waals surface area contributed by atoms with E-state index >= 15 is 0 Å². The van der Waals surface area contributed by atoms with E-state index in [0.29, 0.717) is 17.9 Å². The molecule has 2 aromatic rings. The van der Waals surface area contributed by atoms with Crippen molar-refractivity contribution < 1.29 is 14.3 Å². The highest BCUT2D eigenvalue weighted by Gasteiger charge is 2.50. The lowest BCUT2D eigenvalue weighted by Crippen LogP contribution is -2.65. The lowest BCUT2D eigenvalue weighted by atomic mass is 9.90. The molecule has 2 aromatic carbocycles. The number of hydrogen-bond donors (Lipinski definition) is 1. The summed E-state index contributed by atoms with van der Waals surface area (Å²) < 4.78 is 11.8. The van der Waals surface area contributed by atoms with Crippen molar-refractivity contribution in [3.8, 4) is 11.5 Å². The number of hydrogen-bond acceptors (Lipinski definition) is 4. The number of urea groups is 1. The van der Waals surface area contributed by atoms with E-state index in [0.717, 1.165) is 16.1 Å². The molecule has 2 amide bonds. The third kappa shape index (κ3) is 2.52. The number of fused-ring (bicyclic) bond motifs is 4. The fraction of sp³-hybridized carbons (Fsp3) is 0.316. The third-order valence-corrected chi connectivity index (χ3v) is 5.52. The molecule has 2 aliphatic rings. The van der Waals surface area contributed by atoms with Gasteiger partial charge in [-0.15, -0.1) is 11.8 Å². The maximum absolute atomic E-state index is 12.9. The van der Waals surface area contributed by atoms with Crippen LogP contribution >= 0.6 is 11.8 Å². The first-order valence-electron chi connectivity index (χ1n) is 8.16. The van der Waals surface area contributed by atoms with Gasteiger partial charge in [0.15, 0.2) is 17.2 Å². The summed E-state index contributed by atoms with van der Waals surface area (Å²) in [5.74, 6) is 1.39. The van der Waals surface area contributed by atoms with Gasteiger partial charge >= 0.3 is 6.03 Å². The predicted molar refractivity (Wildman–Crippen MR) is 98.6 cm³/mol. The van der Waals surface area contributed by atoms with E-state index in [1.165, 1.54) is 0 Å². The molecule has 0 spiro atoms. The Morgan fingerprint density at radius 1 is 1.32 bits per heavy atom. The van der Waals surface area contributed by atoms with Crippen LogP contribution in [-0.4, -0.2) is 25.1 Å². The third-order valence-electron chi connectivity index (χ3n) is 4.79. The number of rotatable bonds is 3. The van der Waals surface area contributed by atoms with Gasteiger partial charge < -0.3 is 14.8 Å². The van der Waals surface area contributed by atoms with E-state index in [-0.39, 0.29) is 12.1 Å². The van der Waals surface area contributed by atoms with Gasteiger partial charge in [0.1, 0.15) is 0 Å². The van der Waals surface area contributed by atoms with Crippen LogP contribution in [0.15, 0.2) is 47.4 Å². The van der Waals surface area contributed by atoms with Crippen molar-refractivity contribution in [3.05, 3.63) is 48.0 Å². The summed E-state index contributed by atoms with van der Waals surface area (Å²) in [6.45, 7) is 1.96. The van der Waals surface area contributed by atoms with Gasteiger partial charge in [-0.3, -0.25) is 4.90 Å². The highest BCUT2D eigenvalue weighted by atomic mass is 32.2. The summed E-state index contributed by atoms with van der Waals surface area (Å²) in [7, 11) is 1.63. The predicted octanol–water partition coefficient (Wildman–Crippen LogP) is 4.19. The zero-order valence-corrected chi connectivity index (χ0v) is 15.2. The fourth-order valence-corrected chi connectivity index (χ4v) is 4.11. The first kappa shape index (κ1) is 16.1. The van der Waals surface area contributed by atoms with Crippen molar-refractivity contribution in [1.82, 2.24) is 5.32 Å². The number of carbonyl (C=O) groups excluding carboxylic acids is 1. The molecule has 4 rings (SSSR count). The Hall–Kier alpha value is -2.34. The quantitative estimate of drug-likeness (QED) is 0.838. The number of para-hydroxylation sites is 1. The number of carbonyl (C=O) groups is 1. The fourth-order valence-electron chi connectivity index (χ4n) is 3.66. The van der Waals surface area contributed by atoms with Crippen LogP contribution in [0.1, 0.15) is 24.9 Å². The summed E-state index contributed by atoms with van der Waals surface area (Å²) >= 11 is 1.65. The minimum absolute atomic E-state index is 0.0867. The van der Waals surface area contributed by atoms with Crippen molar-refractivity contribution in [3.63, 3.8) is 0 Å². The van der Waals surface area contributed by atoms with Gasteiger partial charge in [0, 0.05) is 16.9 Å². The largest absolute Gasteiger partial charge is 0.493 e. The Balaban J connectivity index is 1.81. The Labute approximate surface area is 151 Å². The van der Waals surface area contributed by atoms with E-state index in [1.807, 2.05) is 55.6 Å². The normalized spacial score (nSPS) is 24.2. The molecule has 1 N–H and O–H groups in total. The Bertz CT molecular complexity index is 841. The first-order valence-corrected chi connectivity index (χ1v) is 9.39. The second-order valence-corrected chi connectivity index (χ2v) is 7.28. The van der Waals surface area contributed by atoms with Crippen LogP contribution in [0.2, 0.25) is 0 Å². The number of ether oxygens (including phenoxy) is 2. The molecule has 130 valence electrons. The van der Waals surface area contributed by atoms with Crippen molar-refractivity contribution in [2.24, 2.45) is 0 Å². The molecule has 6 heteroatoms. The zero-order valence-electron chi connectivity index (χ0n) is 14.4. The van der Waals surface area contributed by atoms with Gasteiger partial charge in [-0.1, -0.05) is 18.2 Å². The highest BCUT2D eigenvalue weighted by molar-refractivity contribution is 7.98. The van der Waals surface area contributed by atoms with E-state index in [1.54, 1.807) is 23.8 Å². The van der Waals surface area contributed by atoms with Gasteiger partial charge in [-0.2, -0.15) is 0 Å². The monoisotopic (exact) mass is 356 g/mol. The van der Waals surface area contributed by atoms with Crippen LogP contribution in [0, 0.1) is 0 Å². The Kier molecular flexibility index (Phi) is 3.80. The van der Waals surface area contributed by atoms with Gasteiger partial charge in [-0.05, 0) is 37.4 Å². The molecular weight excluding hydrogens is 336 g/mol. The minimum Gasteiger partial charge on any atom is -0.493 e. The molecule has 0 aliphatic carbocycles. The number of anilines is 1. The number of nitrogens with zero attached hydrogens (tertiary/aromatic N) is 1. The molecule has 25 heavy (non-hydrogen) atoms. The maximum Gasteiger partial charge on any atom is 0.325 e. The van der Waals surface area contributed by atoms with Gasteiger partial charge in [0.2, 0.25) is 0 Å². The molecule has 0 saturated carbocycles. The maximum atomic E-state index is 12.9. The molecule has 5 nitrogen and oxygen atoms in total. The minimum atomic E-state index is -0.772. The average Bonchev–Trinajstić information content (AvgIpc) is 2.60. The molecule has 2 bridgehead atoms. The second kappa shape index (κ2) is 5.88. The molecule has 1 saturated heterocycles. The van der Waals surface area contributed by atoms with Gasteiger partial charge in [0.25, 0.3) is 0 Å². The summed E-state index contributed by atoms with van der Waals surface area (Å²) in [5, 5.41) is 3.11. The molecule has 2 aliphatic heterocycles. The standard InChI is InChI=1S/C19H20N2O3S/c1-19-11-15(14-8-5-9-16(23-2)17(14)24-19)20-18(22)21(19)12-6-4-7-13(10-12)25-3/h4-10,15H,11H2,1-3H3,(H,20,22). The molecule has 0 radical (unpaired) electrons. The Morgan fingerprint density at radius 3 is 2.88 bits per heavy atom. The summed E-state index contributed by atoms with van der Waals surface area (Å²) in [5.41, 5.74) is 1.01. The molecule has 0 aromatic heterocycles. The van der Waals surface area contributed by atoms with Crippen LogP contribution in [0.25, 0.3) is 0 Å². The van der Waals surface area contributed by atoms with Crippen LogP contribution < -0.4 is 19.7 Å². The Morgan fingerprint density at radius 2 is 2.12 bits per heavy atom. The zero-order chi connectivity index (χ0) is 17.6. The number of nitrogens with one attached hydrogen (secondary N) is 1.